The first-order chi connectivity index (χ1) is 7.72. The molecule has 0 aromatic carbocycles. The molecule has 3 aliphatic carbocycles. The second-order valence-corrected chi connectivity index (χ2v) is 6.10. The van der Waals surface area contributed by atoms with Crippen LogP contribution in [0.4, 0.5) is 0 Å². The molecule has 5 atom stereocenters. The average molecular weight is 222 g/mol. The Morgan fingerprint density at radius 1 is 1.38 bits per heavy atom. The van der Waals surface area contributed by atoms with Crippen LogP contribution >= 0.6 is 0 Å². The second kappa shape index (κ2) is 3.73. The minimum Gasteiger partial charge on any atom is -0.356 e. The summed E-state index contributed by atoms with van der Waals surface area (Å²) < 4.78 is 0. The number of amides is 1. The molecular weight excluding hydrogens is 200 g/mol. The number of rotatable bonds is 4. The lowest BCUT2D eigenvalue weighted by molar-refractivity contribution is -0.123. The van der Waals surface area contributed by atoms with Gasteiger partial charge in [0.15, 0.2) is 0 Å². The standard InChI is InChI=1S/C13H22N2O/c1-7(5-14)6-15-13(16)12-10-8-2-3-9(4-8)11(10)12/h7-12H,2-6,14H2,1H3,(H,15,16). The molecule has 16 heavy (non-hydrogen) atoms. The molecule has 0 aromatic heterocycles. The third-order valence-electron chi connectivity index (χ3n) is 5.07. The fourth-order valence-corrected chi connectivity index (χ4v) is 4.15. The van der Waals surface area contributed by atoms with E-state index in [1.165, 1.54) is 19.3 Å². The molecule has 3 N–H and O–H groups in total. The Hall–Kier alpha value is -0.570. The van der Waals surface area contributed by atoms with Gasteiger partial charge < -0.3 is 11.1 Å². The smallest absolute Gasteiger partial charge is 0.223 e. The van der Waals surface area contributed by atoms with Crippen LogP contribution in [0.15, 0.2) is 0 Å². The summed E-state index contributed by atoms with van der Waals surface area (Å²) in [5.74, 6) is 4.37. The van der Waals surface area contributed by atoms with Crippen molar-refractivity contribution in [2.45, 2.75) is 26.2 Å². The Morgan fingerprint density at radius 2 is 2.00 bits per heavy atom. The minimum atomic E-state index is 0.312. The molecule has 0 spiro atoms. The monoisotopic (exact) mass is 222 g/mol. The van der Waals surface area contributed by atoms with Crippen molar-refractivity contribution < 1.29 is 4.79 Å². The molecule has 5 unspecified atom stereocenters. The Balaban J connectivity index is 1.51. The van der Waals surface area contributed by atoms with Crippen LogP contribution in [-0.4, -0.2) is 19.0 Å². The summed E-state index contributed by atoms with van der Waals surface area (Å²) >= 11 is 0. The molecule has 3 saturated carbocycles. The fraction of sp³-hybridized carbons (Fsp3) is 0.923. The largest absolute Gasteiger partial charge is 0.356 e. The maximum absolute atomic E-state index is 12.0. The highest BCUT2D eigenvalue weighted by atomic mass is 16.2. The van der Waals surface area contributed by atoms with Crippen molar-refractivity contribution >= 4 is 5.91 Å². The van der Waals surface area contributed by atoms with E-state index in [-0.39, 0.29) is 0 Å². The van der Waals surface area contributed by atoms with E-state index >= 15 is 0 Å². The van der Waals surface area contributed by atoms with Crippen molar-refractivity contribution in [1.82, 2.24) is 5.32 Å². The zero-order valence-corrected chi connectivity index (χ0v) is 9.99. The van der Waals surface area contributed by atoms with Crippen LogP contribution < -0.4 is 11.1 Å². The first kappa shape index (κ1) is 10.6. The number of hydrogen-bond acceptors (Lipinski definition) is 2. The van der Waals surface area contributed by atoms with Gasteiger partial charge in [0.1, 0.15) is 0 Å². The van der Waals surface area contributed by atoms with Crippen molar-refractivity contribution in [2.75, 3.05) is 13.1 Å². The van der Waals surface area contributed by atoms with Crippen LogP contribution in [0.25, 0.3) is 0 Å². The van der Waals surface area contributed by atoms with Crippen molar-refractivity contribution in [1.29, 1.82) is 0 Å². The molecule has 3 heteroatoms. The highest BCUT2D eigenvalue weighted by Gasteiger charge is 2.67. The number of carbonyl (C=O) groups excluding carboxylic acids is 1. The van der Waals surface area contributed by atoms with Gasteiger partial charge in [-0.3, -0.25) is 4.79 Å². The Labute approximate surface area is 97.2 Å². The van der Waals surface area contributed by atoms with Crippen molar-refractivity contribution in [3.8, 4) is 0 Å². The average Bonchev–Trinajstić information content (AvgIpc) is 2.74. The molecule has 3 nitrogen and oxygen atoms in total. The highest BCUT2D eigenvalue weighted by Crippen LogP contribution is 2.69. The third kappa shape index (κ3) is 1.48. The maximum atomic E-state index is 12.0. The van der Waals surface area contributed by atoms with Crippen molar-refractivity contribution in [3.05, 3.63) is 0 Å². The lowest BCUT2D eigenvalue weighted by Crippen LogP contribution is -2.33. The number of nitrogens with one attached hydrogen (secondary N) is 1. The number of fused-ring (bicyclic) bond motifs is 5. The molecule has 0 heterocycles. The SMILES string of the molecule is CC(CN)CNC(=O)C1C2C3CCC(C3)C12. The number of nitrogens with two attached hydrogens (primary N) is 1. The quantitative estimate of drug-likeness (QED) is 0.745. The molecule has 0 radical (unpaired) electrons. The molecule has 90 valence electrons. The second-order valence-electron chi connectivity index (χ2n) is 6.10. The summed E-state index contributed by atoms with van der Waals surface area (Å²) in [6.07, 6.45) is 4.18. The summed E-state index contributed by atoms with van der Waals surface area (Å²) in [6, 6.07) is 0. The summed E-state index contributed by atoms with van der Waals surface area (Å²) in [5, 5.41) is 3.07. The molecule has 3 fully saturated rings. The predicted octanol–water partition coefficient (Wildman–Crippen LogP) is 0.989. The Bertz CT molecular complexity index is 288. The van der Waals surface area contributed by atoms with E-state index in [1.54, 1.807) is 0 Å². The van der Waals surface area contributed by atoms with Crippen LogP contribution in [0.3, 0.4) is 0 Å². The third-order valence-corrected chi connectivity index (χ3v) is 5.07. The molecule has 3 rings (SSSR count). The first-order valence-electron chi connectivity index (χ1n) is 6.70. The van der Waals surface area contributed by atoms with Gasteiger partial charge in [-0.1, -0.05) is 6.92 Å². The van der Waals surface area contributed by atoms with E-state index in [4.69, 9.17) is 5.73 Å². The van der Waals surface area contributed by atoms with Gasteiger partial charge >= 0.3 is 0 Å². The summed E-state index contributed by atoms with van der Waals surface area (Å²) in [5.41, 5.74) is 5.54. The molecule has 1 amide bonds. The molecular formula is C13H22N2O. The normalized spacial score (nSPS) is 45.2. The first-order valence-corrected chi connectivity index (χ1v) is 6.70. The zero-order chi connectivity index (χ0) is 11.3. The van der Waals surface area contributed by atoms with E-state index in [0.717, 1.165) is 30.2 Å². The number of carbonyl (C=O) groups is 1. The van der Waals surface area contributed by atoms with E-state index in [1.807, 2.05) is 0 Å². The van der Waals surface area contributed by atoms with Gasteiger partial charge in [-0.15, -0.1) is 0 Å². The molecule has 0 aromatic rings. The lowest BCUT2D eigenvalue weighted by Gasteiger charge is -2.12. The zero-order valence-electron chi connectivity index (χ0n) is 9.99. The van der Waals surface area contributed by atoms with Crippen molar-refractivity contribution in [3.63, 3.8) is 0 Å². The van der Waals surface area contributed by atoms with Gasteiger partial charge in [-0.25, -0.2) is 0 Å². The van der Waals surface area contributed by atoms with E-state index in [2.05, 4.69) is 12.2 Å². The van der Waals surface area contributed by atoms with Crippen LogP contribution in [0.2, 0.25) is 0 Å². The van der Waals surface area contributed by atoms with Gasteiger partial charge in [0.05, 0.1) is 0 Å². The van der Waals surface area contributed by atoms with Gasteiger partial charge in [0.25, 0.3) is 0 Å². The lowest BCUT2D eigenvalue weighted by atomic mass is 10.0. The highest BCUT2D eigenvalue weighted by molar-refractivity contribution is 5.82. The Kier molecular flexibility index (Phi) is 2.46. The van der Waals surface area contributed by atoms with Gasteiger partial charge in [-0.05, 0) is 55.4 Å². The van der Waals surface area contributed by atoms with Crippen LogP contribution in [0.1, 0.15) is 26.2 Å². The van der Waals surface area contributed by atoms with Crippen LogP contribution in [0, 0.1) is 35.5 Å². The molecule has 2 bridgehead atoms. The predicted molar refractivity (Wildman–Crippen MR) is 62.5 cm³/mol. The minimum absolute atomic E-state index is 0.312. The molecule has 0 aliphatic heterocycles. The van der Waals surface area contributed by atoms with Crippen LogP contribution in [0.5, 0.6) is 0 Å². The summed E-state index contributed by atoms with van der Waals surface area (Å²) in [7, 11) is 0. The maximum Gasteiger partial charge on any atom is 0.223 e. The van der Waals surface area contributed by atoms with Gasteiger partial charge in [-0.2, -0.15) is 0 Å². The number of hydrogen-bond donors (Lipinski definition) is 2. The van der Waals surface area contributed by atoms with Gasteiger partial charge in [0.2, 0.25) is 5.91 Å². The molecule has 3 aliphatic rings. The van der Waals surface area contributed by atoms with E-state index in [9.17, 15) is 4.79 Å². The van der Waals surface area contributed by atoms with Crippen LogP contribution in [-0.2, 0) is 4.79 Å². The van der Waals surface area contributed by atoms with Gasteiger partial charge in [0, 0.05) is 12.5 Å². The van der Waals surface area contributed by atoms with E-state index < -0.39 is 0 Å². The van der Waals surface area contributed by atoms with E-state index in [0.29, 0.717) is 24.3 Å². The summed E-state index contributed by atoms with van der Waals surface area (Å²) in [4.78, 5) is 12.0. The summed E-state index contributed by atoms with van der Waals surface area (Å²) in [6.45, 7) is 3.49. The topological polar surface area (TPSA) is 55.1 Å². The Morgan fingerprint density at radius 3 is 2.56 bits per heavy atom. The van der Waals surface area contributed by atoms with Crippen molar-refractivity contribution in [2.24, 2.45) is 41.2 Å². The molecule has 0 saturated heterocycles. The fourth-order valence-electron chi connectivity index (χ4n) is 4.15.